The summed E-state index contributed by atoms with van der Waals surface area (Å²) in [6.45, 7) is 3.36. The number of nitrogens with one attached hydrogen (secondary N) is 1. The zero-order valence-corrected chi connectivity index (χ0v) is 30.0. The molecule has 260 valence electrons. The van der Waals surface area contributed by atoms with Crippen molar-refractivity contribution in [1.82, 2.24) is 14.0 Å². The molecule has 0 aliphatic rings. The second-order valence-electron chi connectivity index (χ2n) is 11.7. The maximum Gasteiger partial charge on any atom is 0.255 e. The first kappa shape index (κ1) is 36.7. The second-order valence-corrected chi connectivity index (χ2v) is 16.0. The molecule has 0 fully saturated rings. The highest BCUT2D eigenvalue weighted by molar-refractivity contribution is 7.89. The predicted octanol–water partition coefficient (Wildman–Crippen LogP) is 6.32. The molecule has 5 aromatic rings. The Labute approximate surface area is 298 Å². The molecule has 0 aliphatic carbocycles. The van der Waals surface area contributed by atoms with Gasteiger partial charge in [-0.05, 0) is 79.9 Å². The number of amides is 1. The van der Waals surface area contributed by atoms with Crippen molar-refractivity contribution >= 4 is 43.8 Å². The van der Waals surface area contributed by atoms with Gasteiger partial charge in [0.1, 0.15) is 11.5 Å². The molecule has 0 radical (unpaired) electrons. The summed E-state index contributed by atoms with van der Waals surface area (Å²) in [5, 5.41) is 4.51. The summed E-state index contributed by atoms with van der Waals surface area (Å²) >= 11 is 6.04. The van der Waals surface area contributed by atoms with E-state index in [0.29, 0.717) is 17.2 Å². The summed E-state index contributed by atoms with van der Waals surface area (Å²) in [7, 11) is -7.90. The molecule has 13 heteroatoms. The Morgan fingerprint density at radius 2 is 1.30 bits per heavy atom. The van der Waals surface area contributed by atoms with Crippen LogP contribution >= 0.6 is 11.6 Å². The lowest BCUT2D eigenvalue weighted by Crippen LogP contribution is -2.40. The average molecular weight is 733 g/mol. The fourth-order valence-electron chi connectivity index (χ4n) is 5.01. The molecule has 4 aromatic carbocycles. The van der Waals surface area contributed by atoms with Gasteiger partial charge in [0, 0.05) is 18.1 Å². The van der Waals surface area contributed by atoms with Crippen molar-refractivity contribution in [2.75, 3.05) is 13.1 Å². The number of hydrazone groups is 1. The number of rotatable bonds is 15. The number of carbonyl (C=O) groups is 1. The number of halogens is 1. The third-order valence-electron chi connectivity index (χ3n) is 7.80. The molecule has 0 bridgehead atoms. The normalized spacial score (nSPS) is 12.2. The zero-order valence-electron chi connectivity index (χ0n) is 27.6. The smallest absolute Gasteiger partial charge is 0.255 e. The summed E-state index contributed by atoms with van der Waals surface area (Å²) in [5.74, 6) is -0.0403. The van der Waals surface area contributed by atoms with Gasteiger partial charge in [-0.25, -0.2) is 22.3 Å². The van der Waals surface area contributed by atoms with Gasteiger partial charge in [-0.3, -0.25) is 4.79 Å². The van der Waals surface area contributed by atoms with Crippen LogP contribution in [0, 0.1) is 13.8 Å². The number of carbonyl (C=O) groups excluding carboxylic acids is 1. The molecule has 0 spiro atoms. The summed E-state index contributed by atoms with van der Waals surface area (Å²) in [5.41, 5.74) is 5.89. The van der Waals surface area contributed by atoms with Gasteiger partial charge in [0.25, 0.3) is 5.91 Å². The SMILES string of the molecule is Cc1ccc(S(=O)(=O)N(CCc2ccccc2)CC(=O)N/N=C\c2ccc(CN(Cc3ccc(Cl)cc3)S(=O)(=O)c3ccc(C)cc3)o2)cc1. The molecule has 0 saturated carbocycles. The second kappa shape index (κ2) is 16.4. The fourth-order valence-corrected chi connectivity index (χ4v) is 7.92. The maximum atomic E-state index is 13.7. The van der Waals surface area contributed by atoms with Crippen LogP contribution in [0.15, 0.2) is 135 Å². The van der Waals surface area contributed by atoms with E-state index >= 15 is 0 Å². The highest BCUT2D eigenvalue weighted by Crippen LogP contribution is 2.23. The predicted molar refractivity (Wildman–Crippen MR) is 194 cm³/mol. The number of nitrogens with zero attached hydrogens (tertiary/aromatic N) is 3. The Morgan fingerprint density at radius 1 is 0.720 bits per heavy atom. The summed E-state index contributed by atoms with van der Waals surface area (Å²) in [6.07, 6.45) is 1.68. The Balaban J connectivity index is 1.27. The molecular weight excluding hydrogens is 696 g/mol. The van der Waals surface area contributed by atoms with Gasteiger partial charge in [-0.2, -0.15) is 13.7 Å². The van der Waals surface area contributed by atoms with Crippen molar-refractivity contribution in [1.29, 1.82) is 0 Å². The van der Waals surface area contributed by atoms with E-state index in [0.717, 1.165) is 26.6 Å². The minimum absolute atomic E-state index is 0.0693. The standard InChI is InChI=1S/C37H37ClN4O6S2/c1-28-8-18-35(19-9-28)49(44,45)41(23-22-30-6-4-3-5-7-30)27-37(43)40-39-24-33-16-17-34(48-33)26-42(25-31-12-14-32(38)15-13-31)50(46,47)36-20-10-29(2)11-21-36/h3-21,24H,22-23,25-27H2,1-2H3,(H,40,43)/b39-24-. The average Bonchev–Trinajstić information content (AvgIpc) is 3.55. The van der Waals surface area contributed by atoms with Crippen molar-refractivity contribution in [2.45, 2.75) is 43.1 Å². The highest BCUT2D eigenvalue weighted by atomic mass is 35.5. The number of sulfonamides is 2. The van der Waals surface area contributed by atoms with Crippen LogP contribution in [0.3, 0.4) is 0 Å². The van der Waals surface area contributed by atoms with Crippen LogP contribution < -0.4 is 5.43 Å². The van der Waals surface area contributed by atoms with Crippen LogP contribution in [0.5, 0.6) is 0 Å². The quantitative estimate of drug-likeness (QED) is 0.0991. The van der Waals surface area contributed by atoms with E-state index < -0.39 is 32.5 Å². The van der Waals surface area contributed by atoms with Gasteiger partial charge in [-0.1, -0.05) is 89.5 Å². The van der Waals surface area contributed by atoms with Gasteiger partial charge < -0.3 is 4.42 Å². The monoisotopic (exact) mass is 732 g/mol. The number of benzene rings is 4. The van der Waals surface area contributed by atoms with Crippen LogP contribution in [0.2, 0.25) is 5.02 Å². The van der Waals surface area contributed by atoms with Crippen molar-refractivity contribution in [3.05, 3.63) is 154 Å². The van der Waals surface area contributed by atoms with Crippen LogP contribution in [0.1, 0.15) is 33.8 Å². The number of hydrogen-bond donors (Lipinski definition) is 1. The third kappa shape index (κ3) is 9.77. The van der Waals surface area contributed by atoms with Crippen LogP contribution in [0.4, 0.5) is 0 Å². The van der Waals surface area contributed by atoms with Crippen LogP contribution in [-0.4, -0.2) is 50.7 Å². The molecule has 10 nitrogen and oxygen atoms in total. The van der Waals surface area contributed by atoms with E-state index in [1.165, 1.54) is 22.7 Å². The molecule has 5 rings (SSSR count). The first-order valence-corrected chi connectivity index (χ1v) is 19.0. The maximum absolute atomic E-state index is 13.7. The molecular formula is C37H37ClN4O6S2. The molecule has 1 N–H and O–H groups in total. The first-order valence-electron chi connectivity index (χ1n) is 15.7. The van der Waals surface area contributed by atoms with E-state index in [1.54, 1.807) is 72.8 Å². The zero-order chi connectivity index (χ0) is 35.7. The lowest BCUT2D eigenvalue weighted by Gasteiger charge is -2.21. The van der Waals surface area contributed by atoms with Gasteiger partial charge in [0.2, 0.25) is 20.0 Å². The van der Waals surface area contributed by atoms with E-state index in [4.69, 9.17) is 16.0 Å². The molecule has 0 aliphatic heterocycles. The Bertz CT molecular complexity index is 2140. The highest BCUT2D eigenvalue weighted by Gasteiger charge is 2.27. The molecule has 1 heterocycles. The minimum atomic E-state index is -3.99. The largest absolute Gasteiger partial charge is 0.459 e. The Hall–Kier alpha value is -4.59. The van der Waals surface area contributed by atoms with Gasteiger partial charge >= 0.3 is 0 Å². The van der Waals surface area contributed by atoms with Gasteiger partial charge in [0.15, 0.2) is 0 Å². The molecule has 0 atom stereocenters. The van der Waals surface area contributed by atoms with Crippen molar-refractivity contribution in [2.24, 2.45) is 5.10 Å². The first-order chi connectivity index (χ1) is 23.9. The van der Waals surface area contributed by atoms with E-state index in [-0.39, 0.29) is 35.2 Å². The summed E-state index contributed by atoms with van der Waals surface area (Å²) in [4.78, 5) is 13.2. The van der Waals surface area contributed by atoms with Gasteiger partial charge in [-0.15, -0.1) is 0 Å². The molecule has 50 heavy (non-hydrogen) atoms. The molecule has 0 unspecified atom stereocenters. The Morgan fingerprint density at radius 3 is 1.90 bits per heavy atom. The number of aryl methyl sites for hydroxylation is 2. The van der Waals surface area contributed by atoms with Gasteiger partial charge in [0.05, 0.1) is 29.1 Å². The van der Waals surface area contributed by atoms with Crippen molar-refractivity contribution < 1.29 is 26.0 Å². The van der Waals surface area contributed by atoms with Crippen LogP contribution in [-0.2, 0) is 44.4 Å². The Kier molecular flexibility index (Phi) is 12.0. The minimum Gasteiger partial charge on any atom is -0.459 e. The molecule has 1 amide bonds. The lowest BCUT2D eigenvalue weighted by molar-refractivity contribution is -0.121. The topological polar surface area (TPSA) is 129 Å². The summed E-state index contributed by atoms with van der Waals surface area (Å²) in [6, 6.07) is 32.6. The number of hydrogen-bond acceptors (Lipinski definition) is 7. The molecule has 1 aromatic heterocycles. The third-order valence-corrected chi connectivity index (χ3v) is 11.7. The van der Waals surface area contributed by atoms with E-state index in [1.807, 2.05) is 44.2 Å². The van der Waals surface area contributed by atoms with E-state index in [9.17, 15) is 21.6 Å². The fraction of sp³-hybridized carbons (Fsp3) is 0.189. The van der Waals surface area contributed by atoms with Crippen molar-refractivity contribution in [3.8, 4) is 0 Å². The van der Waals surface area contributed by atoms with E-state index in [2.05, 4.69) is 10.5 Å². The lowest BCUT2D eigenvalue weighted by atomic mass is 10.1. The molecule has 0 saturated heterocycles. The van der Waals surface area contributed by atoms with Crippen LogP contribution in [0.25, 0.3) is 0 Å². The number of furan rings is 1. The summed E-state index contributed by atoms with van der Waals surface area (Å²) < 4.78 is 62.8. The van der Waals surface area contributed by atoms with Crippen molar-refractivity contribution in [3.63, 3.8) is 0 Å².